The van der Waals surface area contributed by atoms with E-state index < -0.39 is 0 Å². The van der Waals surface area contributed by atoms with Crippen LogP contribution in [0, 0.1) is 17.3 Å². The predicted molar refractivity (Wildman–Crippen MR) is 81.4 cm³/mol. The van der Waals surface area contributed by atoms with E-state index in [1.807, 2.05) is 25.1 Å². The minimum absolute atomic E-state index is 0.00711. The highest BCUT2D eigenvalue weighted by Gasteiger charge is 2.22. The summed E-state index contributed by atoms with van der Waals surface area (Å²) in [5.41, 5.74) is 1.28. The summed E-state index contributed by atoms with van der Waals surface area (Å²) >= 11 is 0. The fourth-order valence-corrected chi connectivity index (χ4v) is 1.49. The van der Waals surface area contributed by atoms with Crippen LogP contribution >= 0.6 is 0 Å². The standard InChI is InChI=1S/C17H23NO2/c1-13(17(2,3)4)18-16(20)15-11-6-5-9-14(15)10-7-8-12-19/h5-6,9,11,13,19H,8,12H2,1-4H3,(H,18,20). The molecule has 0 radical (unpaired) electrons. The van der Waals surface area contributed by atoms with Crippen LogP contribution in [0.2, 0.25) is 0 Å². The Morgan fingerprint density at radius 1 is 1.35 bits per heavy atom. The van der Waals surface area contributed by atoms with Gasteiger partial charge in [-0.05, 0) is 24.5 Å². The van der Waals surface area contributed by atoms with E-state index in [0.717, 1.165) is 0 Å². The van der Waals surface area contributed by atoms with E-state index in [0.29, 0.717) is 17.5 Å². The van der Waals surface area contributed by atoms with E-state index in [9.17, 15) is 4.79 Å². The third-order valence-electron chi connectivity index (χ3n) is 3.28. The molecule has 3 nitrogen and oxygen atoms in total. The first-order valence-corrected chi connectivity index (χ1v) is 6.86. The van der Waals surface area contributed by atoms with Gasteiger partial charge in [-0.2, -0.15) is 0 Å². The van der Waals surface area contributed by atoms with Crippen molar-refractivity contribution in [2.24, 2.45) is 5.41 Å². The lowest BCUT2D eigenvalue weighted by molar-refractivity contribution is 0.0910. The van der Waals surface area contributed by atoms with Crippen molar-refractivity contribution < 1.29 is 9.90 Å². The maximum Gasteiger partial charge on any atom is 0.252 e. The molecule has 0 heterocycles. The molecule has 0 aliphatic rings. The Bertz CT molecular complexity index is 518. The first-order chi connectivity index (χ1) is 9.36. The van der Waals surface area contributed by atoms with E-state index in [1.165, 1.54) is 0 Å². The van der Waals surface area contributed by atoms with Crippen molar-refractivity contribution in [1.29, 1.82) is 0 Å². The first kappa shape index (κ1) is 16.3. The molecule has 1 aromatic carbocycles. The van der Waals surface area contributed by atoms with E-state index in [-0.39, 0.29) is 24.0 Å². The summed E-state index contributed by atoms with van der Waals surface area (Å²) < 4.78 is 0. The summed E-state index contributed by atoms with van der Waals surface area (Å²) in [7, 11) is 0. The summed E-state index contributed by atoms with van der Waals surface area (Å²) in [6, 6.07) is 7.34. The van der Waals surface area contributed by atoms with Crippen molar-refractivity contribution >= 4 is 5.91 Å². The molecule has 108 valence electrons. The Morgan fingerprint density at radius 3 is 2.60 bits per heavy atom. The second-order valence-corrected chi connectivity index (χ2v) is 5.88. The monoisotopic (exact) mass is 273 g/mol. The second-order valence-electron chi connectivity index (χ2n) is 5.88. The van der Waals surface area contributed by atoms with Gasteiger partial charge in [0.05, 0.1) is 12.2 Å². The van der Waals surface area contributed by atoms with Crippen LogP contribution in [0.5, 0.6) is 0 Å². The van der Waals surface area contributed by atoms with Crippen molar-refractivity contribution in [3.05, 3.63) is 35.4 Å². The van der Waals surface area contributed by atoms with E-state index >= 15 is 0 Å². The molecule has 20 heavy (non-hydrogen) atoms. The molecule has 3 heteroatoms. The summed E-state index contributed by atoms with van der Waals surface area (Å²) in [5.74, 6) is 5.68. The van der Waals surface area contributed by atoms with Crippen molar-refractivity contribution in [2.45, 2.75) is 40.2 Å². The highest BCUT2D eigenvalue weighted by atomic mass is 16.2. The third-order valence-corrected chi connectivity index (χ3v) is 3.28. The number of amides is 1. The Hall–Kier alpha value is -1.79. The molecule has 0 saturated heterocycles. The topological polar surface area (TPSA) is 49.3 Å². The zero-order valence-electron chi connectivity index (χ0n) is 12.7. The fraction of sp³-hybridized carbons (Fsp3) is 0.471. The summed E-state index contributed by atoms with van der Waals surface area (Å²) in [6.07, 6.45) is 0.411. The zero-order valence-corrected chi connectivity index (χ0v) is 12.7. The van der Waals surface area contributed by atoms with Gasteiger partial charge in [0.15, 0.2) is 0 Å². The van der Waals surface area contributed by atoms with Gasteiger partial charge in [-0.25, -0.2) is 0 Å². The Kier molecular flexibility index (Phi) is 5.79. The van der Waals surface area contributed by atoms with Crippen LogP contribution < -0.4 is 5.32 Å². The molecule has 1 atom stereocenters. The third kappa shape index (κ3) is 4.71. The van der Waals surface area contributed by atoms with E-state index in [4.69, 9.17) is 5.11 Å². The minimum Gasteiger partial charge on any atom is -0.395 e. The van der Waals surface area contributed by atoms with Gasteiger partial charge in [-0.15, -0.1) is 0 Å². The number of benzene rings is 1. The number of carbonyl (C=O) groups is 1. The SMILES string of the molecule is CC(NC(=O)c1ccccc1C#CCCO)C(C)(C)C. The van der Waals surface area contributed by atoms with Crippen LogP contribution in [0.4, 0.5) is 0 Å². The Balaban J connectivity index is 2.92. The molecule has 1 rings (SSSR count). The molecular weight excluding hydrogens is 250 g/mol. The van der Waals surface area contributed by atoms with Crippen LogP contribution in [0.3, 0.4) is 0 Å². The fourth-order valence-electron chi connectivity index (χ4n) is 1.49. The lowest BCUT2D eigenvalue weighted by Crippen LogP contribution is -2.41. The molecule has 1 aromatic rings. The molecule has 0 aromatic heterocycles. The maximum absolute atomic E-state index is 12.3. The van der Waals surface area contributed by atoms with Gasteiger partial charge in [0.1, 0.15) is 0 Å². The summed E-state index contributed by atoms with van der Waals surface area (Å²) in [6.45, 7) is 8.29. The number of carbonyl (C=O) groups excluding carboxylic acids is 1. The minimum atomic E-state index is -0.110. The zero-order chi connectivity index (χ0) is 15.2. The number of hydrogen-bond acceptors (Lipinski definition) is 2. The summed E-state index contributed by atoms with van der Waals surface area (Å²) in [4.78, 5) is 12.3. The average molecular weight is 273 g/mol. The molecule has 0 aliphatic heterocycles. The van der Waals surface area contributed by atoms with Crippen molar-refractivity contribution in [3.8, 4) is 11.8 Å². The number of aliphatic hydroxyl groups excluding tert-OH is 1. The molecular formula is C17H23NO2. The molecule has 0 aliphatic carbocycles. The highest BCUT2D eigenvalue weighted by Crippen LogP contribution is 2.19. The van der Waals surface area contributed by atoms with E-state index in [2.05, 4.69) is 37.9 Å². The van der Waals surface area contributed by atoms with Gasteiger partial charge in [-0.3, -0.25) is 4.79 Å². The van der Waals surface area contributed by atoms with Crippen LogP contribution in [0.1, 0.15) is 50.0 Å². The number of nitrogens with one attached hydrogen (secondary N) is 1. The molecule has 2 N–H and O–H groups in total. The van der Waals surface area contributed by atoms with Crippen molar-refractivity contribution in [1.82, 2.24) is 5.32 Å². The quantitative estimate of drug-likeness (QED) is 0.832. The molecule has 0 bridgehead atoms. The van der Waals surface area contributed by atoms with Crippen molar-refractivity contribution in [3.63, 3.8) is 0 Å². The van der Waals surface area contributed by atoms with E-state index in [1.54, 1.807) is 6.07 Å². The van der Waals surface area contributed by atoms with Crippen LogP contribution in [0.15, 0.2) is 24.3 Å². The normalized spacial score (nSPS) is 12.2. The molecule has 1 unspecified atom stereocenters. The smallest absolute Gasteiger partial charge is 0.252 e. The average Bonchev–Trinajstić information content (AvgIpc) is 2.38. The van der Waals surface area contributed by atoms with Crippen LogP contribution in [-0.2, 0) is 0 Å². The van der Waals surface area contributed by atoms with Gasteiger partial charge >= 0.3 is 0 Å². The maximum atomic E-state index is 12.3. The Labute approximate surface area is 121 Å². The van der Waals surface area contributed by atoms with Gasteiger partial charge in [-0.1, -0.05) is 44.7 Å². The number of rotatable bonds is 3. The molecule has 0 saturated carbocycles. The highest BCUT2D eigenvalue weighted by molar-refractivity contribution is 5.96. The Morgan fingerprint density at radius 2 is 2.00 bits per heavy atom. The molecule has 0 spiro atoms. The van der Waals surface area contributed by atoms with Gasteiger partial charge in [0.2, 0.25) is 0 Å². The van der Waals surface area contributed by atoms with Gasteiger partial charge in [0.25, 0.3) is 5.91 Å². The first-order valence-electron chi connectivity index (χ1n) is 6.86. The van der Waals surface area contributed by atoms with Crippen LogP contribution in [-0.4, -0.2) is 23.7 Å². The van der Waals surface area contributed by atoms with Gasteiger partial charge < -0.3 is 10.4 Å². The molecule has 1 amide bonds. The number of hydrogen-bond donors (Lipinski definition) is 2. The lowest BCUT2D eigenvalue weighted by atomic mass is 9.88. The number of aliphatic hydroxyl groups is 1. The predicted octanol–water partition coefficient (Wildman–Crippen LogP) is 2.58. The lowest BCUT2D eigenvalue weighted by Gasteiger charge is -2.28. The van der Waals surface area contributed by atoms with Crippen LogP contribution in [0.25, 0.3) is 0 Å². The summed E-state index contributed by atoms with van der Waals surface area (Å²) in [5, 5.41) is 11.8. The molecule has 0 fully saturated rings. The largest absolute Gasteiger partial charge is 0.395 e. The van der Waals surface area contributed by atoms with Crippen molar-refractivity contribution in [2.75, 3.05) is 6.61 Å². The van der Waals surface area contributed by atoms with Gasteiger partial charge in [0, 0.05) is 18.0 Å². The second kappa shape index (κ2) is 7.12.